The number of hydrogen-bond donors (Lipinski definition) is 2. The van der Waals surface area contributed by atoms with Crippen molar-refractivity contribution in [3.8, 4) is 5.69 Å². The van der Waals surface area contributed by atoms with Gasteiger partial charge in [0.05, 0.1) is 11.1 Å². The Bertz CT molecular complexity index is 1330. The Balaban J connectivity index is 1.40. The Morgan fingerprint density at radius 1 is 0.943 bits per heavy atom. The van der Waals surface area contributed by atoms with Gasteiger partial charge in [0.2, 0.25) is 0 Å². The van der Waals surface area contributed by atoms with Crippen LogP contribution in [0, 0.1) is 0 Å². The molecule has 1 aromatic heterocycles. The van der Waals surface area contributed by atoms with Gasteiger partial charge in [-0.05, 0) is 71.7 Å². The number of unbranched alkanes of at least 4 members (excludes halogenated alkanes) is 1. The van der Waals surface area contributed by atoms with Gasteiger partial charge in [-0.15, -0.1) is 0 Å². The molecule has 2 N–H and O–H groups in total. The molecule has 0 aliphatic carbocycles. The van der Waals surface area contributed by atoms with Crippen molar-refractivity contribution in [2.45, 2.75) is 45.4 Å². The van der Waals surface area contributed by atoms with Crippen LogP contribution in [-0.2, 0) is 11.8 Å². The van der Waals surface area contributed by atoms with Crippen LogP contribution in [0.25, 0.3) is 22.3 Å². The van der Waals surface area contributed by atoms with Crippen LogP contribution < -0.4 is 5.32 Å². The normalized spacial score (nSPS) is 11.5. The fourth-order valence-electron chi connectivity index (χ4n) is 4.39. The Labute approximate surface area is 207 Å². The van der Waals surface area contributed by atoms with Crippen LogP contribution in [0.2, 0.25) is 0 Å². The van der Waals surface area contributed by atoms with Gasteiger partial charge in [-0.25, -0.2) is 4.79 Å². The predicted molar refractivity (Wildman–Crippen MR) is 145 cm³/mol. The number of carbonyl (C=O) groups is 1. The van der Waals surface area contributed by atoms with Gasteiger partial charge in [-0.1, -0.05) is 69.8 Å². The number of nitrogens with one attached hydrogen (secondary N) is 1. The number of carboxylic acid groups (broad SMARTS) is 1. The summed E-state index contributed by atoms with van der Waals surface area (Å²) >= 11 is 0. The minimum Gasteiger partial charge on any atom is -0.478 e. The van der Waals surface area contributed by atoms with E-state index in [9.17, 15) is 9.90 Å². The highest BCUT2D eigenvalue weighted by atomic mass is 16.4. The van der Waals surface area contributed by atoms with Gasteiger partial charge >= 0.3 is 5.97 Å². The van der Waals surface area contributed by atoms with Crippen molar-refractivity contribution in [3.63, 3.8) is 0 Å². The highest BCUT2D eigenvalue weighted by Crippen LogP contribution is 2.28. The van der Waals surface area contributed by atoms with E-state index in [0.717, 1.165) is 53.7 Å². The monoisotopic (exact) mass is 466 g/mol. The van der Waals surface area contributed by atoms with Crippen LogP contribution in [0.4, 0.5) is 0 Å². The maximum absolute atomic E-state index is 11.6. The summed E-state index contributed by atoms with van der Waals surface area (Å²) in [5.41, 5.74) is 7.10. The Hall–Kier alpha value is -3.79. The van der Waals surface area contributed by atoms with E-state index in [1.54, 1.807) is 12.1 Å². The molecule has 0 unspecified atom stereocenters. The lowest BCUT2D eigenvalue weighted by Gasteiger charge is -2.19. The van der Waals surface area contributed by atoms with E-state index in [4.69, 9.17) is 0 Å². The number of hydrogen-bond acceptors (Lipinski definition) is 2. The lowest BCUT2D eigenvalue weighted by Crippen LogP contribution is -2.14. The molecule has 4 aromatic rings. The van der Waals surface area contributed by atoms with Crippen molar-refractivity contribution in [2.24, 2.45) is 0 Å². The summed E-state index contributed by atoms with van der Waals surface area (Å²) in [6.07, 6.45) is 5.02. The molecule has 3 aromatic carbocycles. The average molecular weight is 467 g/mol. The van der Waals surface area contributed by atoms with Crippen LogP contribution in [0.3, 0.4) is 0 Å². The van der Waals surface area contributed by atoms with Gasteiger partial charge in [0, 0.05) is 29.5 Å². The number of nitrogens with zero attached hydrogens (tertiary/aromatic N) is 1. The maximum Gasteiger partial charge on any atom is 0.335 e. The summed E-state index contributed by atoms with van der Waals surface area (Å²) in [4.78, 5) is 11.6. The first-order valence-electron chi connectivity index (χ1n) is 12.2. The summed E-state index contributed by atoms with van der Waals surface area (Å²) in [5.74, 6) is -0.899. The van der Waals surface area contributed by atoms with Gasteiger partial charge in [0.1, 0.15) is 0 Å². The number of rotatable bonds is 9. The highest BCUT2D eigenvalue weighted by molar-refractivity contribution is 5.95. The largest absolute Gasteiger partial charge is 0.478 e. The molecule has 35 heavy (non-hydrogen) atoms. The standard InChI is InChI=1S/C31H34N2O2/c1-22(23-13-16-26(17-14-23)31(2,3)4)32-19-9-8-10-25-21-33(27-11-6-5-7-12-27)29-18-15-24(30(34)35)20-28(25)29/h5-7,11-18,20-21,32H,1,8-10,19H2,2-4H3,(H,34,35). The number of benzene rings is 3. The third kappa shape index (κ3) is 5.65. The van der Waals surface area contributed by atoms with Crippen LogP contribution in [0.5, 0.6) is 0 Å². The van der Waals surface area contributed by atoms with E-state index in [-0.39, 0.29) is 5.41 Å². The second-order valence-corrected chi connectivity index (χ2v) is 10.1. The molecule has 4 heteroatoms. The quantitative estimate of drug-likeness (QED) is 0.256. The summed E-state index contributed by atoms with van der Waals surface area (Å²) in [5, 5.41) is 13.9. The van der Waals surface area contributed by atoms with E-state index < -0.39 is 5.97 Å². The van der Waals surface area contributed by atoms with Gasteiger partial charge in [-0.2, -0.15) is 0 Å². The third-order valence-corrected chi connectivity index (χ3v) is 6.48. The third-order valence-electron chi connectivity index (χ3n) is 6.48. The zero-order valence-electron chi connectivity index (χ0n) is 20.8. The molecule has 4 nitrogen and oxygen atoms in total. The first-order chi connectivity index (χ1) is 16.7. The summed E-state index contributed by atoms with van der Waals surface area (Å²) in [6, 6.07) is 24.2. The number of aromatic carboxylic acids is 1. The van der Waals surface area contributed by atoms with E-state index in [1.165, 1.54) is 11.1 Å². The highest BCUT2D eigenvalue weighted by Gasteiger charge is 2.14. The fourth-order valence-corrected chi connectivity index (χ4v) is 4.39. The van der Waals surface area contributed by atoms with E-state index in [2.05, 4.69) is 79.8 Å². The summed E-state index contributed by atoms with van der Waals surface area (Å²) in [6.45, 7) is 11.7. The topological polar surface area (TPSA) is 54.3 Å². The molecular formula is C31H34N2O2. The fraction of sp³-hybridized carbons (Fsp3) is 0.258. The first kappa shape index (κ1) is 24.3. The zero-order chi connectivity index (χ0) is 25.0. The molecular weight excluding hydrogens is 432 g/mol. The number of aryl methyl sites for hydroxylation is 1. The van der Waals surface area contributed by atoms with Gasteiger partial charge < -0.3 is 15.0 Å². The summed E-state index contributed by atoms with van der Waals surface area (Å²) in [7, 11) is 0. The van der Waals surface area contributed by atoms with E-state index in [1.807, 2.05) is 24.3 Å². The Morgan fingerprint density at radius 3 is 2.29 bits per heavy atom. The molecule has 0 radical (unpaired) electrons. The molecule has 0 fully saturated rings. The number of fused-ring (bicyclic) bond motifs is 1. The molecule has 0 amide bonds. The van der Waals surface area contributed by atoms with Crippen LogP contribution >= 0.6 is 0 Å². The Kier molecular flexibility index (Phi) is 7.11. The Morgan fingerprint density at radius 2 is 1.63 bits per heavy atom. The molecule has 0 aliphatic rings. The SMILES string of the molecule is C=C(NCCCCc1cn(-c2ccccc2)c2ccc(C(=O)O)cc12)c1ccc(C(C)(C)C)cc1. The van der Waals surface area contributed by atoms with Crippen LogP contribution in [0.1, 0.15) is 60.7 Å². The molecule has 0 saturated heterocycles. The number of carboxylic acids is 1. The predicted octanol–water partition coefficient (Wildman–Crippen LogP) is 7.21. The zero-order valence-corrected chi connectivity index (χ0v) is 20.8. The van der Waals surface area contributed by atoms with Crippen molar-refractivity contribution in [1.82, 2.24) is 9.88 Å². The second-order valence-electron chi connectivity index (χ2n) is 10.1. The summed E-state index contributed by atoms with van der Waals surface area (Å²) < 4.78 is 2.15. The van der Waals surface area contributed by atoms with Gasteiger partial charge in [-0.3, -0.25) is 0 Å². The van der Waals surface area contributed by atoms with Crippen molar-refractivity contribution >= 4 is 22.6 Å². The molecule has 0 bridgehead atoms. The van der Waals surface area contributed by atoms with Gasteiger partial charge in [0.25, 0.3) is 0 Å². The molecule has 1 heterocycles. The van der Waals surface area contributed by atoms with Crippen molar-refractivity contribution in [2.75, 3.05) is 6.54 Å². The molecule has 0 saturated carbocycles. The molecule has 180 valence electrons. The molecule has 4 rings (SSSR count). The lowest BCUT2D eigenvalue weighted by molar-refractivity contribution is 0.0697. The number of para-hydroxylation sites is 1. The van der Waals surface area contributed by atoms with Gasteiger partial charge in [0.15, 0.2) is 0 Å². The maximum atomic E-state index is 11.6. The van der Waals surface area contributed by atoms with Crippen molar-refractivity contribution < 1.29 is 9.90 Å². The minimum absolute atomic E-state index is 0.141. The van der Waals surface area contributed by atoms with Crippen molar-refractivity contribution in [3.05, 3.63) is 108 Å². The minimum atomic E-state index is -0.899. The molecule has 0 spiro atoms. The first-order valence-corrected chi connectivity index (χ1v) is 12.2. The molecule has 0 aliphatic heterocycles. The van der Waals surface area contributed by atoms with E-state index >= 15 is 0 Å². The second kappa shape index (κ2) is 10.2. The van der Waals surface area contributed by atoms with Crippen molar-refractivity contribution in [1.29, 1.82) is 0 Å². The van der Waals surface area contributed by atoms with Crippen LogP contribution in [0.15, 0.2) is 85.6 Å². The smallest absolute Gasteiger partial charge is 0.335 e. The average Bonchev–Trinajstić information content (AvgIpc) is 3.21. The van der Waals surface area contributed by atoms with E-state index in [0.29, 0.717) is 5.56 Å². The van der Waals surface area contributed by atoms with Crippen LogP contribution in [-0.4, -0.2) is 22.2 Å². The lowest BCUT2D eigenvalue weighted by atomic mass is 9.86. The molecule has 0 atom stereocenters. The number of aromatic nitrogens is 1.